The molecule has 3 rings (SSSR count). The molecule has 2 aromatic carbocycles. The van der Waals surface area contributed by atoms with Crippen LogP contribution in [0.15, 0.2) is 54.6 Å². The van der Waals surface area contributed by atoms with E-state index in [0.717, 1.165) is 31.7 Å². The van der Waals surface area contributed by atoms with E-state index in [4.69, 9.17) is 0 Å². The number of anilines is 2. The van der Waals surface area contributed by atoms with Crippen molar-refractivity contribution in [3.05, 3.63) is 60.2 Å². The van der Waals surface area contributed by atoms with Crippen LogP contribution in [0.1, 0.15) is 5.56 Å². The van der Waals surface area contributed by atoms with Crippen LogP contribution in [0.25, 0.3) is 0 Å². The van der Waals surface area contributed by atoms with Gasteiger partial charge in [0.1, 0.15) is 0 Å². The lowest BCUT2D eigenvalue weighted by Gasteiger charge is -2.34. The van der Waals surface area contributed by atoms with Crippen molar-refractivity contribution in [3.63, 3.8) is 0 Å². The van der Waals surface area contributed by atoms with Crippen molar-refractivity contribution in [1.29, 1.82) is 0 Å². The van der Waals surface area contributed by atoms with Gasteiger partial charge < -0.3 is 20.4 Å². The molecule has 1 fully saturated rings. The first-order valence-electron chi connectivity index (χ1n) is 9.28. The summed E-state index contributed by atoms with van der Waals surface area (Å²) in [6, 6.07) is 17.4. The molecule has 0 atom stereocenters. The van der Waals surface area contributed by atoms with E-state index in [-0.39, 0.29) is 0 Å². The fraction of sp³-hybridized carbons (Fsp3) is 0.333. The molecule has 1 aliphatic heterocycles. The monoisotopic (exact) mass is 366 g/mol. The van der Waals surface area contributed by atoms with Gasteiger partial charge in [-0.3, -0.25) is 9.59 Å². The first kappa shape index (κ1) is 18.9. The molecule has 6 nitrogen and oxygen atoms in total. The molecule has 0 radical (unpaired) electrons. The number of carbonyl (C=O) groups is 2. The molecule has 1 aliphatic rings. The Morgan fingerprint density at radius 2 is 1.56 bits per heavy atom. The van der Waals surface area contributed by atoms with Gasteiger partial charge in [-0.15, -0.1) is 0 Å². The zero-order chi connectivity index (χ0) is 19.1. The number of rotatable bonds is 5. The lowest BCUT2D eigenvalue weighted by Crippen LogP contribution is -2.44. The van der Waals surface area contributed by atoms with Gasteiger partial charge in [-0.1, -0.05) is 30.3 Å². The number of carbonyl (C=O) groups excluding carboxylic acids is 2. The first-order valence-corrected chi connectivity index (χ1v) is 9.28. The second-order valence-corrected chi connectivity index (χ2v) is 6.78. The van der Waals surface area contributed by atoms with Crippen LogP contribution in [0, 0.1) is 0 Å². The molecule has 27 heavy (non-hydrogen) atoms. The van der Waals surface area contributed by atoms with Crippen LogP contribution in [0.2, 0.25) is 0 Å². The van der Waals surface area contributed by atoms with Crippen LogP contribution in [0.4, 0.5) is 11.4 Å². The van der Waals surface area contributed by atoms with Gasteiger partial charge in [0.05, 0.1) is 0 Å². The molecule has 2 N–H and O–H groups in total. The summed E-state index contributed by atoms with van der Waals surface area (Å²) in [5.41, 5.74) is 2.98. The topological polar surface area (TPSA) is 64.7 Å². The summed E-state index contributed by atoms with van der Waals surface area (Å²) in [5, 5.41) is 5.24. The van der Waals surface area contributed by atoms with Crippen molar-refractivity contribution < 1.29 is 9.59 Å². The Morgan fingerprint density at radius 1 is 0.889 bits per heavy atom. The van der Waals surface area contributed by atoms with Gasteiger partial charge in [0, 0.05) is 44.1 Å². The van der Waals surface area contributed by atoms with Crippen LogP contribution >= 0.6 is 0 Å². The zero-order valence-corrected chi connectivity index (χ0v) is 15.6. The standard InChI is InChI=1S/C21H26N4O2/c1-24-13-15-25(16-14-24)19-9-7-17(8-10-19)11-12-22-20(26)21(27)23-18-5-3-2-4-6-18/h2-10H,11-16H2,1H3,(H,22,26)(H,23,27). The smallest absolute Gasteiger partial charge is 0.313 e. The Bertz CT molecular complexity index is 754. The fourth-order valence-electron chi connectivity index (χ4n) is 3.05. The van der Waals surface area contributed by atoms with E-state index in [1.54, 1.807) is 24.3 Å². The summed E-state index contributed by atoms with van der Waals surface area (Å²) < 4.78 is 0. The molecular formula is C21H26N4O2. The van der Waals surface area contributed by atoms with Crippen molar-refractivity contribution in [2.45, 2.75) is 6.42 Å². The van der Waals surface area contributed by atoms with Crippen LogP contribution < -0.4 is 15.5 Å². The van der Waals surface area contributed by atoms with E-state index in [9.17, 15) is 9.59 Å². The summed E-state index contributed by atoms with van der Waals surface area (Å²) in [5.74, 6) is -1.26. The van der Waals surface area contributed by atoms with Crippen LogP contribution in [0.5, 0.6) is 0 Å². The van der Waals surface area contributed by atoms with E-state index in [2.05, 4.69) is 51.7 Å². The van der Waals surface area contributed by atoms with Gasteiger partial charge in [0.15, 0.2) is 0 Å². The van der Waals surface area contributed by atoms with Gasteiger partial charge in [-0.05, 0) is 43.3 Å². The highest BCUT2D eigenvalue weighted by Gasteiger charge is 2.14. The predicted molar refractivity (Wildman–Crippen MR) is 108 cm³/mol. The van der Waals surface area contributed by atoms with Gasteiger partial charge in [0.25, 0.3) is 0 Å². The van der Waals surface area contributed by atoms with Crippen molar-refractivity contribution in [2.24, 2.45) is 0 Å². The number of para-hydroxylation sites is 1. The fourth-order valence-corrected chi connectivity index (χ4v) is 3.05. The number of nitrogens with one attached hydrogen (secondary N) is 2. The van der Waals surface area contributed by atoms with Crippen molar-refractivity contribution in [3.8, 4) is 0 Å². The molecule has 6 heteroatoms. The van der Waals surface area contributed by atoms with Crippen LogP contribution in [-0.4, -0.2) is 56.5 Å². The summed E-state index contributed by atoms with van der Waals surface area (Å²) in [6.45, 7) is 4.68. The number of piperazine rings is 1. The molecule has 0 unspecified atom stereocenters. The molecule has 1 heterocycles. The van der Waals surface area contributed by atoms with Gasteiger partial charge >= 0.3 is 11.8 Å². The molecule has 1 saturated heterocycles. The molecule has 0 bridgehead atoms. The molecule has 0 saturated carbocycles. The Hall–Kier alpha value is -2.86. The predicted octanol–water partition coefficient (Wildman–Crippen LogP) is 1.74. The third-order valence-electron chi connectivity index (χ3n) is 4.74. The largest absolute Gasteiger partial charge is 0.369 e. The minimum absolute atomic E-state index is 0.425. The minimum atomic E-state index is -0.647. The second-order valence-electron chi connectivity index (χ2n) is 6.78. The summed E-state index contributed by atoms with van der Waals surface area (Å²) in [6.07, 6.45) is 0.688. The van der Waals surface area contributed by atoms with Gasteiger partial charge in [0.2, 0.25) is 0 Å². The van der Waals surface area contributed by atoms with Crippen molar-refractivity contribution in [1.82, 2.24) is 10.2 Å². The van der Waals surface area contributed by atoms with E-state index in [1.165, 1.54) is 5.69 Å². The zero-order valence-electron chi connectivity index (χ0n) is 15.6. The maximum atomic E-state index is 11.9. The van der Waals surface area contributed by atoms with Gasteiger partial charge in [-0.25, -0.2) is 0 Å². The van der Waals surface area contributed by atoms with E-state index in [1.807, 2.05) is 6.07 Å². The molecule has 142 valence electrons. The van der Waals surface area contributed by atoms with Gasteiger partial charge in [-0.2, -0.15) is 0 Å². The Kier molecular flexibility index (Phi) is 6.44. The molecule has 2 amide bonds. The molecule has 2 aromatic rings. The van der Waals surface area contributed by atoms with E-state index >= 15 is 0 Å². The third-order valence-corrected chi connectivity index (χ3v) is 4.74. The first-order chi connectivity index (χ1) is 13.1. The van der Waals surface area contributed by atoms with E-state index in [0.29, 0.717) is 18.7 Å². The SMILES string of the molecule is CN1CCN(c2ccc(CCNC(=O)C(=O)Nc3ccccc3)cc2)CC1. The maximum Gasteiger partial charge on any atom is 0.313 e. The number of likely N-dealkylation sites (N-methyl/N-ethyl adjacent to an activating group) is 1. The average Bonchev–Trinajstić information content (AvgIpc) is 2.70. The molecule has 0 spiro atoms. The Morgan fingerprint density at radius 3 is 2.22 bits per heavy atom. The summed E-state index contributed by atoms with van der Waals surface area (Å²) in [4.78, 5) is 28.5. The molecular weight excluding hydrogens is 340 g/mol. The Labute approximate surface area is 160 Å². The van der Waals surface area contributed by atoms with Crippen molar-refractivity contribution >= 4 is 23.2 Å². The number of nitrogens with zero attached hydrogens (tertiary/aromatic N) is 2. The summed E-state index contributed by atoms with van der Waals surface area (Å²) >= 11 is 0. The average molecular weight is 366 g/mol. The Balaban J connectivity index is 1.42. The number of hydrogen-bond acceptors (Lipinski definition) is 4. The lowest BCUT2D eigenvalue weighted by atomic mass is 10.1. The molecule has 0 aliphatic carbocycles. The number of hydrogen-bond donors (Lipinski definition) is 2. The number of amides is 2. The second kappa shape index (κ2) is 9.19. The lowest BCUT2D eigenvalue weighted by molar-refractivity contribution is -0.136. The molecule has 0 aromatic heterocycles. The normalized spacial score (nSPS) is 14.6. The van der Waals surface area contributed by atoms with Crippen LogP contribution in [-0.2, 0) is 16.0 Å². The maximum absolute atomic E-state index is 11.9. The third kappa shape index (κ3) is 5.56. The van der Waals surface area contributed by atoms with Crippen LogP contribution in [0.3, 0.4) is 0 Å². The number of benzene rings is 2. The van der Waals surface area contributed by atoms with Crippen molar-refractivity contribution in [2.75, 3.05) is 50.0 Å². The highest BCUT2D eigenvalue weighted by atomic mass is 16.2. The highest BCUT2D eigenvalue weighted by Crippen LogP contribution is 2.17. The minimum Gasteiger partial charge on any atom is -0.369 e. The van der Waals surface area contributed by atoms with E-state index < -0.39 is 11.8 Å². The summed E-state index contributed by atoms with van der Waals surface area (Å²) in [7, 11) is 2.15. The quantitative estimate of drug-likeness (QED) is 0.791. The highest BCUT2D eigenvalue weighted by molar-refractivity contribution is 6.39.